The lowest BCUT2D eigenvalue weighted by Gasteiger charge is -2.36. The molecule has 0 radical (unpaired) electrons. The van der Waals surface area contributed by atoms with Gasteiger partial charge in [-0.1, -0.05) is 0 Å². The maximum absolute atomic E-state index is 14.3. The summed E-state index contributed by atoms with van der Waals surface area (Å²) >= 11 is 0. The highest BCUT2D eigenvalue weighted by molar-refractivity contribution is 6.02. The Hall–Kier alpha value is -1.66. The van der Waals surface area contributed by atoms with Crippen LogP contribution < -0.4 is 10.2 Å². The Labute approximate surface area is 116 Å². The summed E-state index contributed by atoms with van der Waals surface area (Å²) in [5.41, 5.74) is 1.09. The number of amides is 1. The van der Waals surface area contributed by atoms with Crippen molar-refractivity contribution in [2.45, 2.75) is 31.4 Å². The molecule has 5 nitrogen and oxygen atoms in total. The lowest BCUT2D eigenvalue weighted by Crippen LogP contribution is -2.42. The normalized spacial score (nSPS) is 25.6. The van der Waals surface area contributed by atoms with E-state index < -0.39 is 17.8 Å². The highest BCUT2D eigenvalue weighted by Gasteiger charge is 2.32. The van der Waals surface area contributed by atoms with Gasteiger partial charge in [-0.25, -0.2) is 4.39 Å². The number of nitrogens with zero attached hydrogens (tertiary/aromatic N) is 1. The molecule has 2 atom stereocenters. The van der Waals surface area contributed by atoms with E-state index >= 15 is 0 Å². The summed E-state index contributed by atoms with van der Waals surface area (Å²) in [5, 5.41) is 21.6. The van der Waals surface area contributed by atoms with E-state index in [1.54, 1.807) is 6.07 Å². The van der Waals surface area contributed by atoms with Crippen molar-refractivity contribution in [3.05, 3.63) is 23.5 Å². The van der Waals surface area contributed by atoms with Gasteiger partial charge in [0.05, 0.1) is 18.3 Å². The Morgan fingerprint density at radius 1 is 1.40 bits per heavy atom. The summed E-state index contributed by atoms with van der Waals surface area (Å²) in [7, 11) is 0. The van der Waals surface area contributed by atoms with Gasteiger partial charge in [0.2, 0.25) is 0 Å². The zero-order valence-electron chi connectivity index (χ0n) is 11.0. The van der Waals surface area contributed by atoms with E-state index in [4.69, 9.17) is 0 Å². The van der Waals surface area contributed by atoms with E-state index in [9.17, 15) is 19.4 Å². The van der Waals surface area contributed by atoms with E-state index in [2.05, 4.69) is 5.32 Å². The average molecular weight is 280 g/mol. The number of rotatable bonds is 2. The average Bonchev–Trinajstić information content (AvgIpc) is 2.73. The first-order valence-electron chi connectivity index (χ1n) is 6.81. The van der Waals surface area contributed by atoms with Crippen LogP contribution in [-0.4, -0.2) is 35.3 Å². The SMILES string of the molecule is O=C1Nc2cc(N3CCCCC3CO)c(F)cc2C1O. The Balaban J connectivity index is 1.99. The van der Waals surface area contributed by atoms with Crippen LogP contribution in [0, 0.1) is 5.82 Å². The van der Waals surface area contributed by atoms with Crippen LogP contribution in [-0.2, 0) is 4.79 Å². The van der Waals surface area contributed by atoms with Gasteiger partial charge in [-0.05, 0) is 31.4 Å². The van der Waals surface area contributed by atoms with Crippen molar-refractivity contribution in [1.82, 2.24) is 0 Å². The number of carbonyl (C=O) groups is 1. The zero-order chi connectivity index (χ0) is 14.3. The molecule has 0 aromatic heterocycles. The number of halogens is 1. The Morgan fingerprint density at radius 3 is 2.95 bits per heavy atom. The van der Waals surface area contributed by atoms with Crippen molar-refractivity contribution < 1.29 is 19.4 Å². The molecule has 2 heterocycles. The number of hydrogen-bond acceptors (Lipinski definition) is 4. The molecule has 3 N–H and O–H groups in total. The fourth-order valence-electron chi connectivity index (χ4n) is 2.98. The van der Waals surface area contributed by atoms with Crippen molar-refractivity contribution in [1.29, 1.82) is 0 Å². The molecule has 1 fully saturated rings. The third-order valence-corrected chi connectivity index (χ3v) is 4.07. The molecule has 20 heavy (non-hydrogen) atoms. The number of carbonyl (C=O) groups excluding carboxylic acids is 1. The summed E-state index contributed by atoms with van der Waals surface area (Å²) in [6.07, 6.45) is 1.48. The molecule has 2 unspecified atom stereocenters. The molecule has 3 rings (SSSR count). The quantitative estimate of drug-likeness (QED) is 0.760. The molecule has 0 saturated carbocycles. The monoisotopic (exact) mass is 280 g/mol. The van der Waals surface area contributed by atoms with Gasteiger partial charge in [0.25, 0.3) is 5.91 Å². The first-order valence-corrected chi connectivity index (χ1v) is 6.81. The topological polar surface area (TPSA) is 72.8 Å². The minimum Gasteiger partial charge on any atom is -0.394 e. The van der Waals surface area contributed by atoms with Crippen LogP contribution in [0.5, 0.6) is 0 Å². The molecule has 0 aliphatic carbocycles. The maximum atomic E-state index is 14.3. The molecule has 1 amide bonds. The number of fused-ring (bicyclic) bond motifs is 1. The maximum Gasteiger partial charge on any atom is 0.257 e. The van der Waals surface area contributed by atoms with E-state index in [0.717, 1.165) is 19.3 Å². The predicted molar refractivity (Wildman–Crippen MR) is 72.1 cm³/mol. The second-order valence-corrected chi connectivity index (χ2v) is 5.31. The van der Waals surface area contributed by atoms with Gasteiger partial charge in [0.15, 0.2) is 6.10 Å². The molecule has 2 aliphatic rings. The summed E-state index contributed by atoms with van der Waals surface area (Å²) in [5.74, 6) is -1.01. The van der Waals surface area contributed by atoms with Crippen LogP contribution in [0.2, 0.25) is 0 Å². The summed E-state index contributed by atoms with van der Waals surface area (Å²) < 4.78 is 14.3. The third-order valence-electron chi connectivity index (χ3n) is 4.07. The molecule has 1 aromatic carbocycles. The fourth-order valence-corrected chi connectivity index (χ4v) is 2.98. The number of hydrogen-bond donors (Lipinski definition) is 3. The molecule has 1 saturated heterocycles. The number of nitrogens with one attached hydrogen (secondary N) is 1. The fraction of sp³-hybridized carbons (Fsp3) is 0.500. The Morgan fingerprint density at radius 2 is 2.20 bits per heavy atom. The molecule has 108 valence electrons. The zero-order valence-corrected chi connectivity index (χ0v) is 11.0. The number of piperidine rings is 1. The van der Waals surface area contributed by atoms with Crippen LogP contribution in [0.15, 0.2) is 12.1 Å². The summed E-state index contributed by atoms with van der Waals surface area (Å²) in [4.78, 5) is 13.3. The highest BCUT2D eigenvalue weighted by atomic mass is 19.1. The van der Waals surface area contributed by atoms with Crippen LogP contribution in [0.4, 0.5) is 15.8 Å². The Kier molecular flexibility index (Phi) is 3.35. The van der Waals surface area contributed by atoms with E-state index in [0.29, 0.717) is 17.9 Å². The number of aliphatic hydroxyl groups excluding tert-OH is 2. The largest absolute Gasteiger partial charge is 0.394 e. The molecule has 6 heteroatoms. The number of benzene rings is 1. The van der Waals surface area contributed by atoms with E-state index in [1.165, 1.54) is 6.07 Å². The van der Waals surface area contributed by atoms with Crippen molar-refractivity contribution in [3.8, 4) is 0 Å². The van der Waals surface area contributed by atoms with Crippen LogP contribution in [0.1, 0.15) is 30.9 Å². The van der Waals surface area contributed by atoms with Gasteiger partial charge in [-0.15, -0.1) is 0 Å². The molecule has 2 aliphatic heterocycles. The second kappa shape index (κ2) is 5.03. The van der Waals surface area contributed by atoms with Gasteiger partial charge in [-0.3, -0.25) is 4.79 Å². The predicted octanol–water partition coefficient (Wildman–Crippen LogP) is 1.16. The van der Waals surface area contributed by atoms with Crippen molar-refractivity contribution in [3.63, 3.8) is 0 Å². The van der Waals surface area contributed by atoms with Crippen molar-refractivity contribution in [2.75, 3.05) is 23.4 Å². The minimum atomic E-state index is -1.30. The third kappa shape index (κ3) is 2.05. The molecular weight excluding hydrogens is 263 g/mol. The first-order chi connectivity index (χ1) is 9.61. The molecule has 1 aromatic rings. The lowest BCUT2D eigenvalue weighted by atomic mass is 10.0. The molecule has 0 bridgehead atoms. The van der Waals surface area contributed by atoms with Crippen LogP contribution in [0.25, 0.3) is 0 Å². The van der Waals surface area contributed by atoms with Gasteiger partial charge in [0.1, 0.15) is 5.82 Å². The van der Waals surface area contributed by atoms with Crippen molar-refractivity contribution in [2.24, 2.45) is 0 Å². The number of anilines is 2. The van der Waals surface area contributed by atoms with Gasteiger partial charge in [0, 0.05) is 17.8 Å². The van der Waals surface area contributed by atoms with Crippen molar-refractivity contribution >= 4 is 17.3 Å². The van der Waals surface area contributed by atoms with E-state index in [-0.39, 0.29) is 18.2 Å². The van der Waals surface area contributed by atoms with Gasteiger partial charge >= 0.3 is 0 Å². The van der Waals surface area contributed by atoms with Crippen LogP contribution >= 0.6 is 0 Å². The molecule has 0 spiro atoms. The Bertz CT molecular complexity index is 549. The van der Waals surface area contributed by atoms with Gasteiger partial charge < -0.3 is 20.4 Å². The number of aliphatic hydroxyl groups is 2. The minimum absolute atomic E-state index is 0.0223. The lowest BCUT2D eigenvalue weighted by molar-refractivity contribution is -0.123. The van der Waals surface area contributed by atoms with Gasteiger partial charge in [-0.2, -0.15) is 0 Å². The first kappa shape index (κ1) is 13.3. The molecular formula is C14H17FN2O3. The van der Waals surface area contributed by atoms with Crippen LogP contribution in [0.3, 0.4) is 0 Å². The summed E-state index contributed by atoms with van der Waals surface area (Å²) in [6.45, 7) is 0.656. The highest BCUT2D eigenvalue weighted by Crippen LogP contribution is 2.37. The smallest absolute Gasteiger partial charge is 0.257 e. The van der Waals surface area contributed by atoms with E-state index in [1.807, 2.05) is 4.90 Å². The summed E-state index contributed by atoms with van der Waals surface area (Å²) in [6, 6.07) is 2.65. The second-order valence-electron chi connectivity index (χ2n) is 5.31. The standard InChI is InChI=1S/C14H17FN2O3/c15-10-5-9-11(16-14(20)13(9)19)6-12(10)17-4-2-1-3-8(17)7-18/h5-6,8,13,18-19H,1-4,7H2,(H,16,20).